The van der Waals surface area contributed by atoms with Crippen LogP contribution in [-0.2, 0) is 10.0 Å². The second-order valence-corrected chi connectivity index (χ2v) is 6.32. The zero-order chi connectivity index (χ0) is 14.1. The number of nitrogens with zero attached hydrogens (tertiary/aromatic N) is 2. The molecule has 0 aromatic carbocycles. The summed E-state index contributed by atoms with van der Waals surface area (Å²) in [5, 5.41) is 12.6. The predicted octanol–water partition coefficient (Wildman–Crippen LogP) is -1.19. The smallest absolute Gasteiger partial charge is 0.245 e. The molecule has 0 spiro atoms. The van der Waals surface area contributed by atoms with Crippen LogP contribution < -0.4 is 14.8 Å². The normalized spacial score (nSPS) is 13.4. The SMILES string of the molecule is CS(=O)(=O)NCCCNCC(O)COc1cnsn1. The lowest BCUT2D eigenvalue weighted by Gasteiger charge is -2.11. The highest BCUT2D eigenvalue weighted by molar-refractivity contribution is 7.88. The predicted molar refractivity (Wildman–Crippen MR) is 71.7 cm³/mol. The van der Waals surface area contributed by atoms with Crippen molar-refractivity contribution in [3.63, 3.8) is 0 Å². The van der Waals surface area contributed by atoms with Gasteiger partial charge in [-0.15, -0.1) is 4.37 Å². The maximum absolute atomic E-state index is 10.8. The zero-order valence-corrected chi connectivity index (χ0v) is 12.2. The van der Waals surface area contributed by atoms with Crippen LogP contribution in [0.3, 0.4) is 0 Å². The lowest BCUT2D eigenvalue weighted by atomic mass is 10.3. The molecule has 0 aliphatic heterocycles. The monoisotopic (exact) mass is 310 g/mol. The van der Waals surface area contributed by atoms with Crippen LogP contribution in [0.5, 0.6) is 5.88 Å². The summed E-state index contributed by atoms with van der Waals surface area (Å²) in [6.07, 6.45) is 2.61. The molecule has 10 heteroatoms. The summed E-state index contributed by atoms with van der Waals surface area (Å²) in [6, 6.07) is 0. The third-order valence-corrected chi connectivity index (χ3v) is 3.23. The number of rotatable bonds is 10. The molecule has 110 valence electrons. The van der Waals surface area contributed by atoms with Gasteiger partial charge in [0.05, 0.1) is 18.0 Å². The van der Waals surface area contributed by atoms with E-state index in [4.69, 9.17) is 4.74 Å². The van der Waals surface area contributed by atoms with Crippen LogP contribution in [-0.4, -0.2) is 60.9 Å². The van der Waals surface area contributed by atoms with Crippen molar-refractivity contribution in [1.29, 1.82) is 0 Å². The Labute approximate surface area is 116 Å². The van der Waals surface area contributed by atoms with Gasteiger partial charge < -0.3 is 15.2 Å². The molecule has 1 aromatic rings. The van der Waals surface area contributed by atoms with Gasteiger partial charge in [-0.1, -0.05) is 0 Å². The van der Waals surface area contributed by atoms with E-state index in [0.717, 1.165) is 18.0 Å². The molecule has 1 unspecified atom stereocenters. The van der Waals surface area contributed by atoms with Gasteiger partial charge in [-0.2, -0.15) is 4.37 Å². The molecule has 1 rings (SSSR count). The standard InChI is InChI=1S/C9H18N4O4S2/c1-19(15,16)12-4-2-3-10-5-8(14)7-17-9-6-11-18-13-9/h6,8,10,12,14H,2-5,7H2,1H3. The average molecular weight is 310 g/mol. The van der Waals surface area contributed by atoms with E-state index in [1.165, 1.54) is 6.20 Å². The van der Waals surface area contributed by atoms with Gasteiger partial charge in [0.15, 0.2) is 0 Å². The Morgan fingerprint density at radius 3 is 2.95 bits per heavy atom. The molecule has 1 aromatic heterocycles. The third-order valence-electron chi connectivity index (χ3n) is 2.04. The summed E-state index contributed by atoms with van der Waals surface area (Å²) < 4.78 is 36.7. The van der Waals surface area contributed by atoms with E-state index in [2.05, 4.69) is 18.8 Å². The second kappa shape index (κ2) is 8.38. The quantitative estimate of drug-likeness (QED) is 0.465. The average Bonchev–Trinajstić information content (AvgIpc) is 2.82. The molecule has 19 heavy (non-hydrogen) atoms. The van der Waals surface area contributed by atoms with Gasteiger partial charge in [0.2, 0.25) is 15.9 Å². The van der Waals surface area contributed by atoms with Gasteiger partial charge in [-0.05, 0) is 13.0 Å². The molecule has 0 aliphatic rings. The third kappa shape index (κ3) is 8.83. The van der Waals surface area contributed by atoms with Crippen molar-refractivity contribution < 1.29 is 18.3 Å². The summed E-state index contributed by atoms with van der Waals surface area (Å²) in [7, 11) is -3.12. The zero-order valence-electron chi connectivity index (χ0n) is 10.6. The Balaban J connectivity index is 1.97. The molecule has 3 N–H and O–H groups in total. The highest BCUT2D eigenvalue weighted by Gasteiger charge is 2.06. The molecule has 1 heterocycles. The van der Waals surface area contributed by atoms with Crippen LogP contribution in [0, 0.1) is 0 Å². The summed E-state index contributed by atoms with van der Waals surface area (Å²) in [6.45, 7) is 1.50. The fourth-order valence-electron chi connectivity index (χ4n) is 1.20. The molecule has 0 bridgehead atoms. The van der Waals surface area contributed by atoms with E-state index in [9.17, 15) is 13.5 Å². The Morgan fingerprint density at radius 2 is 2.32 bits per heavy atom. The minimum atomic E-state index is -3.12. The topological polar surface area (TPSA) is 113 Å². The van der Waals surface area contributed by atoms with Crippen LogP contribution in [0.15, 0.2) is 6.20 Å². The number of hydrogen-bond acceptors (Lipinski definition) is 8. The maximum Gasteiger partial charge on any atom is 0.245 e. The van der Waals surface area contributed by atoms with E-state index >= 15 is 0 Å². The van der Waals surface area contributed by atoms with Crippen molar-refractivity contribution in [3.05, 3.63) is 6.20 Å². The molecular weight excluding hydrogens is 292 g/mol. The molecule has 8 nitrogen and oxygen atoms in total. The molecule has 1 atom stereocenters. The largest absolute Gasteiger partial charge is 0.473 e. The van der Waals surface area contributed by atoms with Gasteiger partial charge in [-0.25, -0.2) is 13.1 Å². The molecular formula is C9H18N4O4S2. The molecule has 0 radical (unpaired) electrons. The van der Waals surface area contributed by atoms with E-state index in [0.29, 0.717) is 31.9 Å². The van der Waals surface area contributed by atoms with Crippen molar-refractivity contribution in [2.45, 2.75) is 12.5 Å². The maximum atomic E-state index is 10.8. The van der Waals surface area contributed by atoms with Crippen LogP contribution in [0.25, 0.3) is 0 Å². The first kappa shape index (κ1) is 16.2. The van der Waals surface area contributed by atoms with E-state index < -0.39 is 16.1 Å². The fraction of sp³-hybridized carbons (Fsp3) is 0.778. The molecule has 0 saturated heterocycles. The Morgan fingerprint density at radius 1 is 1.53 bits per heavy atom. The first-order chi connectivity index (χ1) is 8.97. The van der Waals surface area contributed by atoms with Gasteiger partial charge in [0.25, 0.3) is 0 Å². The summed E-state index contributed by atoms with van der Waals surface area (Å²) >= 11 is 1.04. The first-order valence-corrected chi connectivity index (χ1v) is 8.33. The first-order valence-electron chi connectivity index (χ1n) is 5.71. The van der Waals surface area contributed by atoms with E-state index in [1.54, 1.807) is 0 Å². The highest BCUT2D eigenvalue weighted by Crippen LogP contribution is 2.04. The Bertz CT molecular complexity index is 437. The minimum absolute atomic E-state index is 0.139. The molecule has 0 aliphatic carbocycles. The lowest BCUT2D eigenvalue weighted by Crippen LogP contribution is -2.33. The van der Waals surface area contributed by atoms with Crippen molar-refractivity contribution in [2.24, 2.45) is 0 Å². The van der Waals surface area contributed by atoms with Crippen molar-refractivity contribution in [2.75, 3.05) is 32.5 Å². The van der Waals surface area contributed by atoms with Crippen molar-refractivity contribution >= 4 is 21.8 Å². The van der Waals surface area contributed by atoms with Gasteiger partial charge >= 0.3 is 0 Å². The summed E-state index contributed by atoms with van der Waals surface area (Å²) in [5.41, 5.74) is 0. The van der Waals surface area contributed by atoms with Crippen LogP contribution in [0.1, 0.15) is 6.42 Å². The number of hydrogen-bond donors (Lipinski definition) is 3. The Kier molecular flexibility index (Phi) is 7.16. The highest BCUT2D eigenvalue weighted by atomic mass is 32.2. The molecule has 0 fully saturated rings. The van der Waals surface area contributed by atoms with Gasteiger partial charge in [0, 0.05) is 13.1 Å². The van der Waals surface area contributed by atoms with Gasteiger partial charge in [0.1, 0.15) is 18.9 Å². The summed E-state index contributed by atoms with van der Waals surface area (Å²) in [4.78, 5) is 0. The second-order valence-electron chi connectivity index (χ2n) is 3.93. The van der Waals surface area contributed by atoms with E-state index in [-0.39, 0.29) is 6.61 Å². The number of ether oxygens (including phenoxy) is 1. The number of sulfonamides is 1. The number of aliphatic hydroxyl groups excluding tert-OH is 1. The molecule has 0 amide bonds. The number of nitrogens with one attached hydrogen (secondary N) is 2. The van der Waals surface area contributed by atoms with Crippen molar-refractivity contribution in [1.82, 2.24) is 18.8 Å². The van der Waals surface area contributed by atoms with Crippen LogP contribution >= 0.6 is 11.7 Å². The number of aromatic nitrogens is 2. The van der Waals surface area contributed by atoms with Gasteiger partial charge in [-0.3, -0.25) is 0 Å². The van der Waals surface area contributed by atoms with Crippen molar-refractivity contribution in [3.8, 4) is 5.88 Å². The summed E-state index contributed by atoms with van der Waals surface area (Å²) in [5.74, 6) is 0.404. The van der Waals surface area contributed by atoms with E-state index in [1.807, 2.05) is 0 Å². The number of aliphatic hydroxyl groups is 1. The lowest BCUT2D eigenvalue weighted by molar-refractivity contribution is 0.104. The molecule has 0 saturated carbocycles. The minimum Gasteiger partial charge on any atom is -0.473 e. The Hall–Kier alpha value is -0.810. The van der Waals surface area contributed by atoms with Crippen LogP contribution in [0.4, 0.5) is 0 Å². The van der Waals surface area contributed by atoms with Crippen LogP contribution in [0.2, 0.25) is 0 Å². The fourth-order valence-corrected chi connectivity index (χ4v) is 2.08.